The Hall–Kier alpha value is -4.29. The molecule has 8 nitrogen and oxygen atoms in total. The van der Waals surface area contributed by atoms with Gasteiger partial charge in [-0.15, -0.1) is 0 Å². The molecule has 0 spiro atoms. The number of aromatic nitrogens is 1. The van der Waals surface area contributed by atoms with Crippen molar-refractivity contribution in [3.8, 4) is 23.3 Å². The number of hydrogen-bond acceptors (Lipinski definition) is 7. The van der Waals surface area contributed by atoms with Crippen LogP contribution in [0.3, 0.4) is 0 Å². The first-order valence-corrected chi connectivity index (χ1v) is 11.4. The minimum absolute atomic E-state index is 0.255. The SMILES string of the molecule is COC(=O)CN1C(=O)S/C(=C\c2cc(C)n(-c3ccc(Oc4ccc(C#N)cc4)cc3)c2C)C1=O. The summed E-state index contributed by atoms with van der Waals surface area (Å²) < 4.78 is 12.5. The van der Waals surface area contributed by atoms with Gasteiger partial charge < -0.3 is 14.0 Å². The second-order valence-electron chi connectivity index (χ2n) is 7.74. The normalized spacial score (nSPS) is 14.3. The van der Waals surface area contributed by atoms with Gasteiger partial charge in [0.2, 0.25) is 0 Å². The molecule has 0 saturated carbocycles. The Labute approximate surface area is 206 Å². The highest BCUT2D eigenvalue weighted by Crippen LogP contribution is 2.34. The maximum atomic E-state index is 12.6. The molecule has 1 aromatic heterocycles. The predicted molar refractivity (Wildman–Crippen MR) is 131 cm³/mol. The summed E-state index contributed by atoms with van der Waals surface area (Å²) in [5, 5.41) is 8.41. The summed E-state index contributed by atoms with van der Waals surface area (Å²) in [5.74, 6) is 0.117. The summed E-state index contributed by atoms with van der Waals surface area (Å²) in [7, 11) is 1.21. The maximum Gasteiger partial charge on any atom is 0.325 e. The lowest BCUT2D eigenvalue weighted by Crippen LogP contribution is -2.34. The van der Waals surface area contributed by atoms with Gasteiger partial charge in [-0.3, -0.25) is 19.3 Å². The van der Waals surface area contributed by atoms with E-state index in [2.05, 4.69) is 10.8 Å². The fourth-order valence-corrected chi connectivity index (χ4v) is 4.53. The second kappa shape index (κ2) is 9.91. The Morgan fingerprint density at radius 3 is 2.29 bits per heavy atom. The molecule has 4 rings (SSSR count). The Balaban J connectivity index is 1.55. The fraction of sp³-hybridized carbons (Fsp3) is 0.154. The molecule has 1 saturated heterocycles. The van der Waals surface area contributed by atoms with Crippen molar-refractivity contribution < 1.29 is 23.9 Å². The average molecular weight is 488 g/mol. The number of hydrogen-bond donors (Lipinski definition) is 0. The molecule has 35 heavy (non-hydrogen) atoms. The highest BCUT2D eigenvalue weighted by molar-refractivity contribution is 8.18. The summed E-state index contributed by atoms with van der Waals surface area (Å²) in [6.07, 6.45) is 1.67. The first-order valence-electron chi connectivity index (χ1n) is 10.6. The van der Waals surface area contributed by atoms with Gasteiger partial charge >= 0.3 is 5.97 Å². The van der Waals surface area contributed by atoms with Crippen molar-refractivity contribution in [3.05, 3.63) is 82.0 Å². The molecule has 3 aromatic rings. The number of amides is 2. The minimum Gasteiger partial charge on any atom is -0.468 e. The smallest absolute Gasteiger partial charge is 0.325 e. The van der Waals surface area contributed by atoms with Crippen molar-refractivity contribution in [1.29, 1.82) is 5.26 Å². The van der Waals surface area contributed by atoms with Gasteiger partial charge in [-0.1, -0.05) is 0 Å². The minimum atomic E-state index is -0.654. The van der Waals surface area contributed by atoms with Crippen molar-refractivity contribution in [3.63, 3.8) is 0 Å². The standard InChI is InChI=1S/C26H21N3O5S/c1-16-12-19(13-23-25(31)28(26(32)35-23)15-24(30)33-3)17(2)29(16)20-6-10-22(11-7-20)34-21-8-4-18(14-27)5-9-21/h4-13H,15H2,1-3H3/b23-13-. The largest absolute Gasteiger partial charge is 0.468 e. The lowest BCUT2D eigenvalue weighted by molar-refractivity contribution is -0.143. The Kier molecular flexibility index (Phi) is 6.75. The van der Waals surface area contributed by atoms with Gasteiger partial charge in [0.15, 0.2) is 0 Å². The molecule has 1 aliphatic rings. The van der Waals surface area contributed by atoms with Gasteiger partial charge in [0, 0.05) is 17.1 Å². The summed E-state index contributed by atoms with van der Waals surface area (Å²) >= 11 is 0.801. The molecule has 0 unspecified atom stereocenters. The second-order valence-corrected chi connectivity index (χ2v) is 8.73. The van der Waals surface area contributed by atoms with Crippen LogP contribution in [0.2, 0.25) is 0 Å². The summed E-state index contributed by atoms with van der Waals surface area (Å²) in [6, 6.07) is 18.4. The van der Waals surface area contributed by atoms with Crippen LogP contribution in [0.5, 0.6) is 11.5 Å². The number of carbonyl (C=O) groups excluding carboxylic acids is 3. The van der Waals surface area contributed by atoms with E-state index in [4.69, 9.17) is 10.00 Å². The van der Waals surface area contributed by atoms with Gasteiger partial charge in [0.1, 0.15) is 18.0 Å². The molecule has 0 N–H and O–H groups in total. The molecular formula is C26H21N3O5S. The molecule has 1 fully saturated rings. The molecule has 0 atom stereocenters. The van der Waals surface area contributed by atoms with Gasteiger partial charge in [0.05, 0.1) is 23.6 Å². The Morgan fingerprint density at radius 2 is 1.69 bits per heavy atom. The zero-order valence-electron chi connectivity index (χ0n) is 19.3. The van der Waals surface area contributed by atoms with Gasteiger partial charge in [-0.05, 0) is 91.8 Å². The van der Waals surface area contributed by atoms with Crippen LogP contribution in [0.4, 0.5) is 4.79 Å². The Morgan fingerprint density at radius 1 is 1.06 bits per heavy atom. The monoisotopic (exact) mass is 487 g/mol. The lowest BCUT2D eigenvalue weighted by atomic mass is 10.2. The van der Waals surface area contributed by atoms with E-state index < -0.39 is 23.7 Å². The molecule has 0 bridgehead atoms. The molecule has 2 amide bonds. The van der Waals surface area contributed by atoms with Crippen LogP contribution in [0.25, 0.3) is 11.8 Å². The highest BCUT2D eigenvalue weighted by Gasteiger charge is 2.36. The molecule has 176 valence electrons. The van der Waals surface area contributed by atoms with E-state index in [1.807, 2.05) is 48.7 Å². The molecular weight excluding hydrogens is 466 g/mol. The van der Waals surface area contributed by atoms with E-state index >= 15 is 0 Å². The molecule has 0 radical (unpaired) electrons. The van der Waals surface area contributed by atoms with Crippen LogP contribution in [0.15, 0.2) is 59.5 Å². The molecule has 9 heteroatoms. The van der Waals surface area contributed by atoms with Crippen LogP contribution >= 0.6 is 11.8 Å². The number of imide groups is 1. The zero-order valence-corrected chi connectivity index (χ0v) is 20.1. The van der Waals surface area contributed by atoms with Crippen LogP contribution in [0, 0.1) is 25.2 Å². The number of ether oxygens (including phenoxy) is 2. The number of benzene rings is 2. The van der Waals surface area contributed by atoms with Crippen molar-refractivity contribution >= 4 is 35.0 Å². The number of thioether (sulfide) groups is 1. The van der Waals surface area contributed by atoms with E-state index in [1.165, 1.54) is 7.11 Å². The predicted octanol–water partition coefficient (Wildman–Crippen LogP) is 4.97. The average Bonchev–Trinajstić information content (AvgIpc) is 3.28. The number of nitrogens with zero attached hydrogens (tertiary/aromatic N) is 3. The van der Waals surface area contributed by atoms with Crippen LogP contribution in [-0.4, -0.2) is 40.2 Å². The summed E-state index contributed by atoms with van der Waals surface area (Å²) in [4.78, 5) is 37.5. The van der Waals surface area contributed by atoms with Crippen molar-refractivity contribution in [2.45, 2.75) is 13.8 Å². The highest BCUT2D eigenvalue weighted by atomic mass is 32.2. The first kappa shape index (κ1) is 23.9. The topological polar surface area (TPSA) is 102 Å². The van der Waals surface area contributed by atoms with Gasteiger partial charge in [-0.25, -0.2) is 0 Å². The Bertz CT molecular complexity index is 1380. The number of methoxy groups -OCH3 is 1. The number of rotatable bonds is 6. The third kappa shape index (κ3) is 4.98. The number of esters is 1. The van der Waals surface area contributed by atoms with E-state index in [9.17, 15) is 14.4 Å². The lowest BCUT2D eigenvalue weighted by Gasteiger charge is -2.11. The molecule has 0 aliphatic carbocycles. The maximum absolute atomic E-state index is 12.6. The molecule has 1 aliphatic heterocycles. The fourth-order valence-electron chi connectivity index (χ4n) is 3.70. The van der Waals surface area contributed by atoms with Crippen LogP contribution in [-0.2, 0) is 14.3 Å². The zero-order chi connectivity index (χ0) is 25.1. The molecule has 2 aromatic carbocycles. The van der Waals surface area contributed by atoms with Crippen LogP contribution < -0.4 is 4.74 Å². The van der Waals surface area contributed by atoms with E-state index in [0.717, 1.165) is 39.3 Å². The number of nitriles is 1. The number of aryl methyl sites for hydroxylation is 1. The van der Waals surface area contributed by atoms with Crippen molar-refractivity contribution in [2.24, 2.45) is 0 Å². The first-order chi connectivity index (χ1) is 16.8. The number of carbonyl (C=O) groups is 3. The third-order valence-electron chi connectivity index (χ3n) is 5.46. The van der Waals surface area contributed by atoms with E-state index in [0.29, 0.717) is 17.1 Å². The van der Waals surface area contributed by atoms with E-state index in [-0.39, 0.29) is 4.91 Å². The van der Waals surface area contributed by atoms with Gasteiger partial charge in [-0.2, -0.15) is 5.26 Å². The summed E-state index contributed by atoms with van der Waals surface area (Å²) in [6.45, 7) is 3.47. The summed E-state index contributed by atoms with van der Waals surface area (Å²) in [5.41, 5.74) is 4.11. The quantitative estimate of drug-likeness (QED) is 0.357. The molecule has 2 heterocycles. The van der Waals surface area contributed by atoms with Crippen molar-refractivity contribution in [2.75, 3.05) is 13.7 Å². The third-order valence-corrected chi connectivity index (χ3v) is 6.37. The van der Waals surface area contributed by atoms with Gasteiger partial charge in [0.25, 0.3) is 11.1 Å². The van der Waals surface area contributed by atoms with E-state index in [1.54, 1.807) is 30.3 Å². The van der Waals surface area contributed by atoms with Crippen LogP contribution in [0.1, 0.15) is 22.5 Å². The van der Waals surface area contributed by atoms with Crippen molar-refractivity contribution in [1.82, 2.24) is 9.47 Å².